The molecule has 0 bridgehead atoms. The molecule has 2 aliphatic heterocycles. The monoisotopic (exact) mass is 197 g/mol. The van der Waals surface area contributed by atoms with E-state index in [0.717, 1.165) is 38.9 Å². The van der Waals surface area contributed by atoms with Crippen LogP contribution in [0.1, 0.15) is 19.3 Å². The maximum atomic E-state index is 11.6. The highest BCUT2D eigenvalue weighted by molar-refractivity contribution is 5.83. The first-order valence-electron chi connectivity index (χ1n) is 5.49. The van der Waals surface area contributed by atoms with Gasteiger partial charge in [0.05, 0.1) is 6.04 Å². The molecular weight excluding hydrogens is 178 g/mol. The van der Waals surface area contributed by atoms with Crippen molar-refractivity contribution in [1.82, 2.24) is 15.5 Å². The first-order valence-corrected chi connectivity index (χ1v) is 5.49. The minimum absolute atomic E-state index is 0.0862. The number of piperidine rings is 1. The molecule has 80 valence electrons. The lowest BCUT2D eigenvalue weighted by Crippen LogP contribution is -2.47. The smallest absolute Gasteiger partial charge is 0.239 e. The molecule has 0 aromatic rings. The van der Waals surface area contributed by atoms with Crippen molar-refractivity contribution in [2.24, 2.45) is 0 Å². The van der Waals surface area contributed by atoms with Crippen LogP contribution in [-0.4, -0.2) is 49.6 Å². The molecule has 2 heterocycles. The van der Waals surface area contributed by atoms with Gasteiger partial charge < -0.3 is 15.5 Å². The Labute approximate surface area is 85.0 Å². The standard InChI is InChI=1S/C10H19N3O/c1-13-7-4-9(10(13)14)12-8-2-5-11-6-3-8/h8-9,11-12H,2-7H2,1H3. The van der Waals surface area contributed by atoms with Crippen molar-refractivity contribution < 1.29 is 4.79 Å². The predicted molar refractivity (Wildman–Crippen MR) is 55.1 cm³/mol. The summed E-state index contributed by atoms with van der Waals surface area (Å²) in [7, 11) is 1.88. The Bertz CT molecular complexity index is 213. The van der Waals surface area contributed by atoms with Crippen LogP contribution in [0.15, 0.2) is 0 Å². The summed E-state index contributed by atoms with van der Waals surface area (Å²) in [6.07, 6.45) is 3.26. The fraction of sp³-hybridized carbons (Fsp3) is 0.900. The highest BCUT2D eigenvalue weighted by Crippen LogP contribution is 2.12. The summed E-state index contributed by atoms with van der Waals surface area (Å²) in [5.74, 6) is 0.267. The van der Waals surface area contributed by atoms with Gasteiger partial charge in [0.1, 0.15) is 0 Å². The number of carbonyl (C=O) groups is 1. The molecule has 2 N–H and O–H groups in total. The van der Waals surface area contributed by atoms with Crippen LogP contribution < -0.4 is 10.6 Å². The van der Waals surface area contributed by atoms with Crippen molar-refractivity contribution in [3.8, 4) is 0 Å². The second-order valence-corrected chi connectivity index (χ2v) is 4.29. The summed E-state index contributed by atoms with van der Waals surface area (Å²) in [6, 6.07) is 0.625. The van der Waals surface area contributed by atoms with E-state index in [1.165, 1.54) is 0 Å². The number of nitrogens with zero attached hydrogens (tertiary/aromatic N) is 1. The van der Waals surface area contributed by atoms with E-state index in [1.54, 1.807) is 0 Å². The molecule has 1 unspecified atom stereocenters. The summed E-state index contributed by atoms with van der Waals surface area (Å²) < 4.78 is 0. The zero-order chi connectivity index (χ0) is 9.97. The fourth-order valence-electron chi connectivity index (χ4n) is 2.25. The van der Waals surface area contributed by atoms with Gasteiger partial charge in [-0.3, -0.25) is 4.79 Å². The predicted octanol–water partition coefficient (Wildman–Crippen LogP) is -0.441. The molecule has 2 rings (SSSR count). The number of likely N-dealkylation sites (N-methyl/N-ethyl adjacent to an activating group) is 1. The number of hydrogen-bond donors (Lipinski definition) is 2. The van der Waals surface area contributed by atoms with Gasteiger partial charge in [-0.2, -0.15) is 0 Å². The molecule has 0 aromatic heterocycles. The number of likely N-dealkylation sites (tertiary alicyclic amines) is 1. The second-order valence-electron chi connectivity index (χ2n) is 4.29. The lowest BCUT2D eigenvalue weighted by atomic mass is 10.1. The normalized spacial score (nSPS) is 29.9. The van der Waals surface area contributed by atoms with E-state index in [-0.39, 0.29) is 11.9 Å². The number of amides is 1. The van der Waals surface area contributed by atoms with E-state index in [4.69, 9.17) is 0 Å². The van der Waals surface area contributed by atoms with Crippen molar-refractivity contribution in [3.05, 3.63) is 0 Å². The molecule has 0 radical (unpaired) electrons. The Morgan fingerprint density at radius 3 is 2.64 bits per heavy atom. The highest BCUT2D eigenvalue weighted by Gasteiger charge is 2.30. The van der Waals surface area contributed by atoms with Crippen LogP contribution in [0.3, 0.4) is 0 Å². The first kappa shape index (κ1) is 9.93. The lowest BCUT2D eigenvalue weighted by Gasteiger charge is -2.26. The summed E-state index contributed by atoms with van der Waals surface area (Å²) in [5, 5.41) is 6.79. The number of nitrogens with one attached hydrogen (secondary N) is 2. The zero-order valence-corrected chi connectivity index (χ0v) is 8.75. The molecule has 2 saturated heterocycles. The number of rotatable bonds is 2. The van der Waals surface area contributed by atoms with Crippen LogP contribution in [-0.2, 0) is 4.79 Å². The van der Waals surface area contributed by atoms with Crippen LogP contribution >= 0.6 is 0 Å². The van der Waals surface area contributed by atoms with Gasteiger partial charge in [0, 0.05) is 19.6 Å². The average Bonchev–Trinajstić information content (AvgIpc) is 2.52. The van der Waals surface area contributed by atoms with Crippen LogP contribution in [0.4, 0.5) is 0 Å². The molecule has 2 fully saturated rings. The van der Waals surface area contributed by atoms with Gasteiger partial charge in [-0.15, -0.1) is 0 Å². The van der Waals surface area contributed by atoms with Crippen LogP contribution in [0, 0.1) is 0 Å². The Morgan fingerprint density at radius 2 is 2.07 bits per heavy atom. The van der Waals surface area contributed by atoms with Crippen molar-refractivity contribution in [2.45, 2.75) is 31.3 Å². The van der Waals surface area contributed by atoms with E-state index < -0.39 is 0 Å². The van der Waals surface area contributed by atoms with Crippen molar-refractivity contribution in [2.75, 3.05) is 26.7 Å². The number of hydrogen-bond acceptors (Lipinski definition) is 3. The van der Waals surface area contributed by atoms with Gasteiger partial charge in [0.2, 0.25) is 5.91 Å². The highest BCUT2D eigenvalue weighted by atomic mass is 16.2. The summed E-state index contributed by atoms with van der Waals surface area (Å²) in [4.78, 5) is 13.4. The lowest BCUT2D eigenvalue weighted by molar-refractivity contribution is -0.128. The van der Waals surface area contributed by atoms with E-state index in [0.29, 0.717) is 6.04 Å². The van der Waals surface area contributed by atoms with E-state index in [1.807, 2.05) is 11.9 Å². The third-order valence-electron chi connectivity index (χ3n) is 3.20. The molecule has 0 saturated carbocycles. The topological polar surface area (TPSA) is 44.4 Å². The first-order chi connectivity index (χ1) is 6.77. The summed E-state index contributed by atoms with van der Waals surface area (Å²) in [5.41, 5.74) is 0. The minimum Gasteiger partial charge on any atom is -0.344 e. The Balaban J connectivity index is 1.82. The third-order valence-corrected chi connectivity index (χ3v) is 3.20. The Hall–Kier alpha value is -0.610. The molecule has 0 spiro atoms. The van der Waals surface area contributed by atoms with Gasteiger partial charge in [0.15, 0.2) is 0 Å². The molecular formula is C10H19N3O. The zero-order valence-electron chi connectivity index (χ0n) is 8.75. The molecule has 1 amide bonds. The van der Waals surface area contributed by atoms with Crippen molar-refractivity contribution >= 4 is 5.91 Å². The van der Waals surface area contributed by atoms with Crippen LogP contribution in [0.5, 0.6) is 0 Å². The minimum atomic E-state index is 0.0862. The molecule has 1 atom stereocenters. The van der Waals surface area contributed by atoms with Gasteiger partial charge >= 0.3 is 0 Å². The van der Waals surface area contributed by atoms with E-state index in [2.05, 4.69) is 10.6 Å². The van der Waals surface area contributed by atoms with Crippen LogP contribution in [0.2, 0.25) is 0 Å². The van der Waals surface area contributed by atoms with Gasteiger partial charge in [0.25, 0.3) is 0 Å². The summed E-state index contributed by atoms with van der Waals surface area (Å²) in [6.45, 7) is 3.06. The molecule has 14 heavy (non-hydrogen) atoms. The molecule has 4 nitrogen and oxygen atoms in total. The van der Waals surface area contributed by atoms with E-state index in [9.17, 15) is 4.79 Å². The van der Waals surface area contributed by atoms with Crippen LogP contribution in [0.25, 0.3) is 0 Å². The maximum absolute atomic E-state index is 11.6. The van der Waals surface area contributed by atoms with Crippen molar-refractivity contribution in [3.63, 3.8) is 0 Å². The van der Waals surface area contributed by atoms with Gasteiger partial charge in [-0.1, -0.05) is 0 Å². The fourth-order valence-corrected chi connectivity index (χ4v) is 2.25. The third kappa shape index (κ3) is 2.07. The van der Waals surface area contributed by atoms with Gasteiger partial charge in [-0.05, 0) is 32.4 Å². The quantitative estimate of drug-likeness (QED) is 0.631. The SMILES string of the molecule is CN1CCC(NC2CCNCC2)C1=O. The average molecular weight is 197 g/mol. The second kappa shape index (κ2) is 4.28. The summed E-state index contributed by atoms with van der Waals surface area (Å²) >= 11 is 0. The van der Waals surface area contributed by atoms with Crippen molar-refractivity contribution in [1.29, 1.82) is 0 Å². The maximum Gasteiger partial charge on any atom is 0.239 e. The molecule has 0 aromatic carbocycles. The Kier molecular flexibility index (Phi) is 3.03. The van der Waals surface area contributed by atoms with E-state index >= 15 is 0 Å². The molecule has 2 aliphatic rings. The number of carbonyl (C=O) groups excluding carboxylic acids is 1. The molecule has 4 heteroatoms. The molecule has 0 aliphatic carbocycles. The van der Waals surface area contributed by atoms with Gasteiger partial charge in [-0.25, -0.2) is 0 Å². The Morgan fingerprint density at radius 1 is 1.36 bits per heavy atom. The largest absolute Gasteiger partial charge is 0.344 e.